The number of aliphatic hydroxyl groups is 1. The fourth-order valence-electron chi connectivity index (χ4n) is 4.65. The van der Waals surface area contributed by atoms with Crippen molar-refractivity contribution in [2.24, 2.45) is 11.3 Å². The average Bonchev–Trinajstić information content (AvgIpc) is 3.17. The summed E-state index contributed by atoms with van der Waals surface area (Å²) in [5.74, 6) is 5.28. The van der Waals surface area contributed by atoms with Crippen molar-refractivity contribution < 1.29 is 24.5 Å². The third kappa shape index (κ3) is 6.17. The summed E-state index contributed by atoms with van der Waals surface area (Å²) < 4.78 is 6.17. The highest BCUT2D eigenvalue weighted by Crippen LogP contribution is 2.41. The highest BCUT2D eigenvalue weighted by molar-refractivity contribution is 7.15. The van der Waals surface area contributed by atoms with Gasteiger partial charge in [0.05, 0.1) is 29.3 Å². The number of nitrogens with zero attached hydrogens (tertiary/aromatic N) is 1. The van der Waals surface area contributed by atoms with Gasteiger partial charge >= 0.3 is 5.97 Å². The summed E-state index contributed by atoms with van der Waals surface area (Å²) >= 11 is 1.12. The van der Waals surface area contributed by atoms with Crippen LogP contribution in [-0.4, -0.2) is 46.4 Å². The van der Waals surface area contributed by atoms with Crippen LogP contribution in [0.4, 0.5) is 5.69 Å². The lowest BCUT2D eigenvalue weighted by Gasteiger charge is -2.47. The van der Waals surface area contributed by atoms with Gasteiger partial charge in [-0.05, 0) is 72.3 Å². The number of thiophene rings is 1. The number of anilines is 1. The molecule has 2 aliphatic rings. The van der Waals surface area contributed by atoms with E-state index in [1.165, 1.54) is 6.42 Å². The van der Waals surface area contributed by atoms with Gasteiger partial charge < -0.3 is 19.8 Å². The minimum Gasteiger partial charge on any atom is -0.477 e. The van der Waals surface area contributed by atoms with E-state index in [2.05, 4.69) is 11.8 Å². The molecule has 0 bridgehead atoms. The molecule has 1 unspecified atom stereocenters. The Morgan fingerprint density at radius 2 is 2.00 bits per heavy atom. The number of aromatic carboxylic acids is 1. The van der Waals surface area contributed by atoms with E-state index in [4.69, 9.17) is 4.74 Å². The lowest BCUT2D eigenvalue weighted by molar-refractivity contribution is -0.154. The summed E-state index contributed by atoms with van der Waals surface area (Å²) in [6.07, 6.45) is 5.69. The Labute approximate surface area is 201 Å². The van der Waals surface area contributed by atoms with Gasteiger partial charge in [-0.25, -0.2) is 4.79 Å². The predicted molar refractivity (Wildman–Crippen MR) is 131 cm³/mol. The number of hydrogen-bond donors (Lipinski definition) is 2. The number of morpholine rings is 1. The second-order valence-electron chi connectivity index (χ2n) is 10.7. The third-order valence-corrected chi connectivity index (χ3v) is 7.56. The third-order valence-electron chi connectivity index (χ3n) is 6.54. The molecule has 2 fully saturated rings. The lowest BCUT2D eigenvalue weighted by Crippen LogP contribution is -2.62. The molecule has 3 rings (SSSR count). The molecule has 1 saturated heterocycles. The van der Waals surface area contributed by atoms with Crippen molar-refractivity contribution in [3.05, 3.63) is 15.8 Å². The van der Waals surface area contributed by atoms with Crippen LogP contribution in [0.25, 0.3) is 0 Å². The summed E-state index contributed by atoms with van der Waals surface area (Å²) in [6.45, 7) is 9.83. The van der Waals surface area contributed by atoms with Gasteiger partial charge in [-0.2, -0.15) is 0 Å². The van der Waals surface area contributed by atoms with Gasteiger partial charge in [-0.3, -0.25) is 4.79 Å². The highest BCUT2D eigenvalue weighted by atomic mass is 32.1. The second kappa shape index (κ2) is 10.2. The van der Waals surface area contributed by atoms with Gasteiger partial charge in [0.15, 0.2) is 0 Å². The first kappa shape index (κ1) is 25.7. The van der Waals surface area contributed by atoms with Crippen molar-refractivity contribution in [1.29, 1.82) is 0 Å². The Kier molecular flexibility index (Phi) is 7.93. The predicted octanol–water partition coefficient (Wildman–Crippen LogP) is 5.08. The smallest absolute Gasteiger partial charge is 0.348 e. The molecule has 1 saturated carbocycles. The number of carbonyl (C=O) groups is 2. The minimum absolute atomic E-state index is 0.141. The summed E-state index contributed by atoms with van der Waals surface area (Å²) in [7, 11) is 0. The number of hydrogen-bond acceptors (Lipinski definition) is 5. The monoisotopic (exact) mass is 475 g/mol. The first-order valence-electron chi connectivity index (χ1n) is 12.0. The largest absolute Gasteiger partial charge is 0.477 e. The second-order valence-corrected chi connectivity index (χ2v) is 11.8. The fourth-order valence-corrected chi connectivity index (χ4v) is 5.49. The summed E-state index contributed by atoms with van der Waals surface area (Å²) in [5.41, 5.74) is -0.887. The van der Waals surface area contributed by atoms with Crippen LogP contribution >= 0.6 is 11.3 Å². The van der Waals surface area contributed by atoms with Crippen molar-refractivity contribution in [2.75, 3.05) is 11.5 Å². The molecule has 1 aromatic heterocycles. The topological polar surface area (TPSA) is 87.1 Å². The van der Waals surface area contributed by atoms with E-state index in [1.54, 1.807) is 24.8 Å². The first-order valence-corrected chi connectivity index (χ1v) is 12.8. The van der Waals surface area contributed by atoms with Crippen LogP contribution in [0.3, 0.4) is 0 Å². The van der Waals surface area contributed by atoms with Crippen LogP contribution in [0, 0.1) is 23.2 Å². The molecule has 0 spiro atoms. The van der Waals surface area contributed by atoms with Gasteiger partial charge in [0.1, 0.15) is 10.5 Å². The van der Waals surface area contributed by atoms with Crippen molar-refractivity contribution in [1.82, 2.24) is 0 Å². The molecule has 3 atom stereocenters. The van der Waals surface area contributed by atoms with Crippen molar-refractivity contribution in [3.8, 4) is 11.8 Å². The Morgan fingerprint density at radius 1 is 1.33 bits per heavy atom. The van der Waals surface area contributed by atoms with Crippen molar-refractivity contribution in [2.45, 2.75) is 97.3 Å². The molecule has 1 aromatic rings. The zero-order valence-corrected chi connectivity index (χ0v) is 21.3. The molecule has 2 N–H and O–H groups in total. The van der Waals surface area contributed by atoms with E-state index in [-0.39, 0.29) is 28.2 Å². The van der Waals surface area contributed by atoms with Gasteiger partial charge in [-0.1, -0.05) is 31.1 Å². The Hall–Kier alpha value is -1.88. The SMILES string of the molecule is CC(O)CC[C@]1(C)OC[C@@H](C2CCCCC2)N(c2cc(C#CC(C)(C)C)sc2C(=O)O)C1=O. The van der Waals surface area contributed by atoms with E-state index in [0.717, 1.165) is 37.0 Å². The van der Waals surface area contributed by atoms with Crippen LogP contribution in [0.15, 0.2) is 6.07 Å². The number of carboxylic acids is 1. The average molecular weight is 476 g/mol. The molecule has 1 aliphatic carbocycles. The van der Waals surface area contributed by atoms with Gasteiger partial charge in [0.2, 0.25) is 0 Å². The highest BCUT2D eigenvalue weighted by Gasteiger charge is 2.49. The molecule has 33 heavy (non-hydrogen) atoms. The fraction of sp³-hybridized carbons (Fsp3) is 0.692. The molecular weight excluding hydrogens is 438 g/mol. The molecule has 7 heteroatoms. The van der Waals surface area contributed by atoms with E-state index < -0.39 is 17.7 Å². The number of aliphatic hydroxyl groups excluding tert-OH is 1. The first-order chi connectivity index (χ1) is 15.4. The summed E-state index contributed by atoms with van der Waals surface area (Å²) in [6, 6.07) is 1.56. The lowest BCUT2D eigenvalue weighted by atomic mass is 9.81. The maximum absolute atomic E-state index is 13.9. The van der Waals surface area contributed by atoms with Gasteiger partial charge in [0, 0.05) is 5.41 Å². The number of ether oxygens (including phenoxy) is 1. The Morgan fingerprint density at radius 3 is 2.58 bits per heavy atom. The summed E-state index contributed by atoms with van der Waals surface area (Å²) in [4.78, 5) is 28.6. The maximum Gasteiger partial charge on any atom is 0.348 e. The number of amides is 1. The molecule has 2 heterocycles. The molecular formula is C26H37NO5S. The van der Waals surface area contributed by atoms with E-state index in [9.17, 15) is 19.8 Å². The zero-order valence-electron chi connectivity index (χ0n) is 20.4. The molecule has 182 valence electrons. The standard InChI is InChI=1S/C26H37NO5S/c1-17(28)11-14-26(5)24(31)27(21(16-32-26)18-9-7-6-8-10-18)20-15-19(12-13-25(2,3)4)33-22(20)23(29)30/h15,17-18,21,28H,6-11,14,16H2,1-5H3,(H,29,30)/t17?,21-,26-/m0/s1. The quantitative estimate of drug-likeness (QED) is 0.561. The van der Waals surface area contributed by atoms with Crippen LogP contribution in [0.5, 0.6) is 0 Å². The van der Waals surface area contributed by atoms with Gasteiger partial charge in [0.25, 0.3) is 5.91 Å². The molecule has 0 aromatic carbocycles. The minimum atomic E-state index is -1.10. The van der Waals surface area contributed by atoms with Crippen LogP contribution in [0.2, 0.25) is 0 Å². The van der Waals surface area contributed by atoms with E-state index >= 15 is 0 Å². The van der Waals surface area contributed by atoms with Crippen molar-refractivity contribution >= 4 is 28.9 Å². The Balaban J connectivity index is 2.06. The zero-order chi connectivity index (χ0) is 24.4. The van der Waals surface area contributed by atoms with Crippen molar-refractivity contribution in [3.63, 3.8) is 0 Å². The number of carbonyl (C=O) groups excluding carboxylic acids is 1. The molecule has 1 amide bonds. The Bertz CT molecular complexity index is 929. The normalized spacial score (nSPS) is 25.5. The van der Waals surface area contributed by atoms with Crippen LogP contribution in [-0.2, 0) is 9.53 Å². The molecule has 1 aliphatic heterocycles. The molecule has 0 radical (unpaired) electrons. The van der Waals surface area contributed by atoms with Crippen LogP contribution < -0.4 is 4.90 Å². The van der Waals surface area contributed by atoms with Gasteiger partial charge in [-0.15, -0.1) is 11.3 Å². The molecule has 6 nitrogen and oxygen atoms in total. The van der Waals surface area contributed by atoms with E-state index in [1.807, 2.05) is 20.8 Å². The van der Waals surface area contributed by atoms with Crippen LogP contribution in [0.1, 0.15) is 94.1 Å². The summed E-state index contributed by atoms with van der Waals surface area (Å²) in [5, 5.41) is 19.8. The number of rotatable bonds is 6. The maximum atomic E-state index is 13.9. The van der Waals surface area contributed by atoms with E-state index in [0.29, 0.717) is 30.0 Å². The number of carboxylic acid groups (broad SMARTS) is 1.